The van der Waals surface area contributed by atoms with Crippen LogP contribution < -0.4 is 11.2 Å². The number of aryl methyl sites for hydroxylation is 2. The molecule has 0 radical (unpaired) electrons. The highest BCUT2D eigenvalue weighted by Gasteiger charge is 2.21. The molecule has 0 unspecified atom stereocenters. The van der Waals surface area contributed by atoms with Crippen LogP contribution in [0.3, 0.4) is 0 Å². The van der Waals surface area contributed by atoms with Crippen molar-refractivity contribution < 1.29 is 13.9 Å². The van der Waals surface area contributed by atoms with Gasteiger partial charge >= 0.3 is 11.7 Å². The third-order valence-electron chi connectivity index (χ3n) is 4.47. The zero-order chi connectivity index (χ0) is 20.6. The average molecular weight is 469 g/mol. The van der Waals surface area contributed by atoms with E-state index in [1.54, 1.807) is 19.9 Å². The number of carbonyl (C=O) groups excluding carboxylic acids is 1. The van der Waals surface area contributed by atoms with Gasteiger partial charge in [-0.05, 0) is 38.5 Å². The van der Waals surface area contributed by atoms with E-state index < -0.39 is 23.0 Å². The smallest absolute Gasteiger partial charge is 0.332 e. The predicted molar refractivity (Wildman–Crippen MR) is 110 cm³/mol. The van der Waals surface area contributed by atoms with Gasteiger partial charge in [-0.3, -0.25) is 18.7 Å². The van der Waals surface area contributed by atoms with Crippen LogP contribution in [0.25, 0.3) is 10.2 Å². The van der Waals surface area contributed by atoms with Crippen molar-refractivity contribution in [1.82, 2.24) is 9.13 Å². The van der Waals surface area contributed by atoms with Crippen molar-refractivity contribution in [1.29, 1.82) is 0 Å². The van der Waals surface area contributed by atoms with Crippen LogP contribution in [-0.2, 0) is 22.6 Å². The largest absolute Gasteiger partial charge is 0.465 e. The minimum absolute atomic E-state index is 0.183. The molecule has 0 N–H and O–H groups in total. The molecule has 3 aromatic rings. The highest BCUT2D eigenvalue weighted by Crippen LogP contribution is 2.27. The summed E-state index contributed by atoms with van der Waals surface area (Å²) in [5.41, 5.74) is -0.222. The quantitative estimate of drug-likeness (QED) is 0.538. The lowest BCUT2D eigenvalue weighted by molar-refractivity contribution is -0.143. The van der Waals surface area contributed by atoms with Gasteiger partial charge in [0.2, 0.25) is 0 Å². The number of aromatic nitrogens is 2. The van der Waals surface area contributed by atoms with Crippen LogP contribution in [0.5, 0.6) is 0 Å². The van der Waals surface area contributed by atoms with Crippen molar-refractivity contribution in [3.8, 4) is 0 Å². The Bertz CT molecular complexity index is 1200. The first-order chi connectivity index (χ1) is 13.2. The molecule has 0 aliphatic rings. The van der Waals surface area contributed by atoms with Gasteiger partial charge in [0, 0.05) is 14.9 Å². The van der Waals surface area contributed by atoms with Gasteiger partial charge in [-0.25, -0.2) is 9.18 Å². The molecular formula is C19H18BrFN2O4S. The number of halogens is 2. The Morgan fingerprint density at radius 2 is 1.96 bits per heavy atom. The van der Waals surface area contributed by atoms with E-state index in [4.69, 9.17) is 4.74 Å². The summed E-state index contributed by atoms with van der Waals surface area (Å²) in [6, 6.07) is 4.42. The van der Waals surface area contributed by atoms with Crippen molar-refractivity contribution in [3.63, 3.8) is 0 Å². The third kappa shape index (κ3) is 3.68. The number of rotatable bonds is 5. The van der Waals surface area contributed by atoms with Crippen LogP contribution in [0.4, 0.5) is 4.39 Å². The Morgan fingerprint density at radius 1 is 1.25 bits per heavy atom. The molecule has 28 heavy (non-hydrogen) atoms. The van der Waals surface area contributed by atoms with E-state index in [1.165, 1.54) is 28.0 Å². The normalized spacial score (nSPS) is 11.2. The summed E-state index contributed by atoms with van der Waals surface area (Å²) in [5.74, 6) is -1.11. The molecule has 0 fully saturated rings. The van der Waals surface area contributed by atoms with Gasteiger partial charge in [-0.1, -0.05) is 22.0 Å². The van der Waals surface area contributed by atoms with Crippen LogP contribution in [0, 0.1) is 19.7 Å². The average Bonchev–Trinajstić information content (AvgIpc) is 2.92. The second kappa shape index (κ2) is 8.00. The van der Waals surface area contributed by atoms with Gasteiger partial charge in [-0.15, -0.1) is 11.3 Å². The van der Waals surface area contributed by atoms with Crippen molar-refractivity contribution in [3.05, 3.63) is 65.3 Å². The summed E-state index contributed by atoms with van der Waals surface area (Å²) < 4.78 is 22.0. The van der Waals surface area contributed by atoms with Crippen LogP contribution >= 0.6 is 27.3 Å². The number of fused-ring (bicyclic) bond motifs is 1. The van der Waals surface area contributed by atoms with E-state index in [0.29, 0.717) is 14.7 Å². The van der Waals surface area contributed by atoms with Crippen LogP contribution in [0.2, 0.25) is 0 Å². The molecule has 1 aromatic carbocycles. The molecule has 3 rings (SSSR count). The minimum atomic E-state index is -0.672. The maximum atomic E-state index is 14.3. The lowest BCUT2D eigenvalue weighted by Crippen LogP contribution is -2.41. The van der Waals surface area contributed by atoms with Gasteiger partial charge in [0.25, 0.3) is 5.56 Å². The number of hydrogen-bond donors (Lipinski definition) is 0. The standard InChI is InChI=1S/C19H18BrFN2O4S/c1-4-27-15(24)9-23-18-16(10(2)11(3)28-18)17(25)22(19(23)26)8-12-5-6-13(20)7-14(12)21/h5-7H,4,8-9H2,1-3H3. The molecule has 0 aliphatic heterocycles. The molecule has 148 valence electrons. The monoisotopic (exact) mass is 468 g/mol. The molecule has 0 atom stereocenters. The predicted octanol–water partition coefficient (Wildman–Crippen LogP) is 3.35. The first-order valence-electron chi connectivity index (χ1n) is 8.57. The van der Waals surface area contributed by atoms with Gasteiger partial charge in [0.1, 0.15) is 17.2 Å². The van der Waals surface area contributed by atoms with E-state index in [1.807, 2.05) is 6.92 Å². The lowest BCUT2D eigenvalue weighted by atomic mass is 10.2. The van der Waals surface area contributed by atoms with Crippen molar-refractivity contribution >= 4 is 43.5 Å². The van der Waals surface area contributed by atoms with E-state index >= 15 is 0 Å². The maximum absolute atomic E-state index is 14.3. The summed E-state index contributed by atoms with van der Waals surface area (Å²) in [6.45, 7) is 4.95. The lowest BCUT2D eigenvalue weighted by Gasteiger charge is -2.12. The van der Waals surface area contributed by atoms with E-state index in [-0.39, 0.29) is 25.3 Å². The molecular weight excluding hydrogens is 451 g/mol. The Kier molecular flexibility index (Phi) is 5.85. The number of benzene rings is 1. The molecule has 0 saturated carbocycles. The minimum Gasteiger partial charge on any atom is -0.465 e. The molecule has 2 aromatic heterocycles. The van der Waals surface area contributed by atoms with Gasteiger partial charge in [0.15, 0.2) is 0 Å². The van der Waals surface area contributed by atoms with Gasteiger partial charge in [-0.2, -0.15) is 0 Å². The highest BCUT2D eigenvalue weighted by molar-refractivity contribution is 9.10. The van der Waals surface area contributed by atoms with E-state index in [0.717, 1.165) is 15.0 Å². The second-order valence-corrected chi connectivity index (χ2v) is 8.38. The molecule has 0 amide bonds. The SMILES string of the molecule is CCOC(=O)Cn1c(=O)n(Cc2ccc(Br)cc2F)c(=O)c2c(C)c(C)sc21. The van der Waals surface area contributed by atoms with Crippen molar-refractivity contribution in [2.45, 2.75) is 33.9 Å². The molecule has 9 heteroatoms. The number of nitrogens with zero attached hydrogens (tertiary/aromatic N) is 2. The van der Waals surface area contributed by atoms with Crippen LogP contribution in [0.1, 0.15) is 22.9 Å². The third-order valence-corrected chi connectivity index (χ3v) is 6.19. The summed E-state index contributed by atoms with van der Waals surface area (Å²) in [7, 11) is 0. The molecule has 6 nitrogen and oxygen atoms in total. The Balaban J connectivity index is 2.25. The fourth-order valence-corrected chi connectivity index (χ4v) is 4.41. The van der Waals surface area contributed by atoms with Crippen molar-refractivity contribution in [2.75, 3.05) is 6.61 Å². The number of thiophene rings is 1. The van der Waals surface area contributed by atoms with Gasteiger partial charge in [0.05, 0.1) is 18.5 Å². The zero-order valence-corrected chi connectivity index (χ0v) is 17.9. The molecule has 2 heterocycles. The highest BCUT2D eigenvalue weighted by atomic mass is 79.9. The number of esters is 1. The van der Waals surface area contributed by atoms with Crippen molar-refractivity contribution in [2.24, 2.45) is 0 Å². The fraction of sp³-hybridized carbons (Fsp3) is 0.316. The number of carbonyl (C=O) groups is 1. The Hall–Kier alpha value is -2.26. The summed E-state index contributed by atoms with van der Waals surface area (Å²) in [4.78, 5) is 39.4. The van der Waals surface area contributed by atoms with Crippen LogP contribution in [0.15, 0.2) is 32.3 Å². The zero-order valence-electron chi connectivity index (χ0n) is 15.5. The molecule has 0 bridgehead atoms. The van der Waals surface area contributed by atoms with E-state index in [9.17, 15) is 18.8 Å². The topological polar surface area (TPSA) is 70.3 Å². The first-order valence-corrected chi connectivity index (χ1v) is 10.2. The number of hydrogen-bond acceptors (Lipinski definition) is 5. The number of ether oxygens (including phenoxy) is 1. The van der Waals surface area contributed by atoms with E-state index in [2.05, 4.69) is 15.9 Å². The summed E-state index contributed by atoms with van der Waals surface area (Å²) >= 11 is 4.46. The molecule has 0 spiro atoms. The Morgan fingerprint density at radius 3 is 2.61 bits per heavy atom. The summed E-state index contributed by atoms with van der Waals surface area (Å²) in [5, 5.41) is 0.365. The summed E-state index contributed by atoms with van der Waals surface area (Å²) in [6.07, 6.45) is 0. The molecule has 0 aliphatic carbocycles. The van der Waals surface area contributed by atoms with Gasteiger partial charge < -0.3 is 4.74 Å². The second-order valence-electron chi connectivity index (χ2n) is 6.26. The molecule has 0 saturated heterocycles. The fourth-order valence-electron chi connectivity index (χ4n) is 2.94. The maximum Gasteiger partial charge on any atom is 0.332 e. The first kappa shape index (κ1) is 20.5. The van der Waals surface area contributed by atoms with Crippen LogP contribution in [-0.4, -0.2) is 21.7 Å². The Labute approximate surface area is 172 Å².